The Kier molecular flexibility index (Phi) is 8.29. The normalized spacial score (nSPS) is 15.0. The van der Waals surface area contributed by atoms with Crippen LogP contribution in [0.5, 0.6) is 0 Å². The van der Waals surface area contributed by atoms with E-state index in [4.69, 9.17) is 0 Å². The van der Waals surface area contributed by atoms with Crippen LogP contribution in [0.1, 0.15) is 70.7 Å². The number of amides is 1. The lowest BCUT2D eigenvalue weighted by molar-refractivity contribution is 0.0950. The summed E-state index contributed by atoms with van der Waals surface area (Å²) in [5.41, 5.74) is 4.15. The maximum Gasteiger partial charge on any atom is 0.253 e. The molecule has 180 valence electrons. The molecule has 0 spiro atoms. The maximum atomic E-state index is 13.8. The number of nitrogens with zero attached hydrogens (tertiary/aromatic N) is 1. The van der Waals surface area contributed by atoms with Gasteiger partial charge in [0.15, 0.2) is 0 Å². The Labute approximate surface area is 200 Å². The first-order valence-corrected chi connectivity index (χ1v) is 12.5. The van der Waals surface area contributed by atoms with Crippen LogP contribution < -0.4 is 10.9 Å². The number of rotatable bonds is 8. The molecule has 2 aromatic heterocycles. The zero-order valence-electron chi connectivity index (χ0n) is 20.4. The number of aryl methyl sites for hydroxylation is 3. The van der Waals surface area contributed by atoms with Gasteiger partial charge < -0.3 is 10.3 Å². The van der Waals surface area contributed by atoms with E-state index in [9.17, 15) is 14.0 Å². The second kappa shape index (κ2) is 10.8. The van der Waals surface area contributed by atoms with E-state index in [1.165, 1.54) is 10.5 Å². The molecular weight excluding hydrogens is 437 g/mol. The Morgan fingerprint density at radius 2 is 1.97 bits per heavy atom. The zero-order valence-corrected chi connectivity index (χ0v) is 21.3. The number of aromatic nitrogens is 1. The summed E-state index contributed by atoms with van der Waals surface area (Å²) in [5, 5.41) is 4.82. The molecule has 0 unspecified atom stereocenters. The van der Waals surface area contributed by atoms with E-state index in [0.717, 1.165) is 55.6 Å². The highest BCUT2D eigenvalue weighted by atomic mass is 32.1. The number of alkyl halides is 1. The van der Waals surface area contributed by atoms with Crippen molar-refractivity contribution in [3.05, 3.63) is 66.3 Å². The highest BCUT2D eigenvalue weighted by Gasteiger charge is 2.23. The molecule has 7 heteroatoms. The van der Waals surface area contributed by atoms with Gasteiger partial charge in [-0.3, -0.25) is 14.5 Å². The molecule has 1 aliphatic heterocycles. The second-order valence-corrected chi connectivity index (χ2v) is 10.7. The van der Waals surface area contributed by atoms with E-state index >= 15 is 0 Å². The first-order chi connectivity index (χ1) is 15.5. The molecule has 2 aromatic rings. The van der Waals surface area contributed by atoms with E-state index in [2.05, 4.69) is 21.3 Å². The van der Waals surface area contributed by atoms with Gasteiger partial charge in [-0.25, -0.2) is 4.39 Å². The van der Waals surface area contributed by atoms with Gasteiger partial charge in [-0.05, 0) is 77.5 Å². The average Bonchev–Trinajstić information content (AvgIpc) is 3.08. The van der Waals surface area contributed by atoms with Crippen molar-refractivity contribution in [3.8, 4) is 0 Å². The molecule has 0 atom stereocenters. The number of hydrogen-bond acceptors (Lipinski definition) is 4. The maximum absolute atomic E-state index is 13.8. The fraction of sp³-hybridized carbons (Fsp3) is 0.538. The third-order valence-corrected chi connectivity index (χ3v) is 7.36. The molecule has 1 fully saturated rings. The number of hydrogen-bond donors (Lipinski definition) is 2. The lowest BCUT2D eigenvalue weighted by Gasteiger charge is -2.31. The topological polar surface area (TPSA) is 65.2 Å². The number of pyridine rings is 1. The van der Waals surface area contributed by atoms with Gasteiger partial charge in [0.25, 0.3) is 11.5 Å². The van der Waals surface area contributed by atoms with E-state index < -0.39 is 5.67 Å². The molecule has 0 saturated carbocycles. The monoisotopic (exact) mass is 473 g/mol. The Hall–Kier alpha value is -2.25. The summed E-state index contributed by atoms with van der Waals surface area (Å²) in [6.07, 6.45) is 6.19. The number of carbonyl (C=O) groups excluding carboxylic acids is 1. The van der Waals surface area contributed by atoms with Crippen molar-refractivity contribution in [2.45, 2.75) is 72.5 Å². The van der Waals surface area contributed by atoms with Crippen LogP contribution in [0.15, 0.2) is 27.9 Å². The molecule has 1 aliphatic rings. The van der Waals surface area contributed by atoms with Crippen LogP contribution in [-0.2, 0) is 13.0 Å². The third-order valence-electron chi connectivity index (χ3n) is 6.21. The van der Waals surface area contributed by atoms with Crippen molar-refractivity contribution < 1.29 is 9.18 Å². The minimum absolute atomic E-state index is 0.143. The minimum atomic E-state index is -1.14. The van der Waals surface area contributed by atoms with Crippen LogP contribution in [0.25, 0.3) is 0 Å². The van der Waals surface area contributed by atoms with Gasteiger partial charge in [0, 0.05) is 47.7 Å². The lowest BCUT2D eigenvalue weighted by Crippen LogP contribution is -2.39. The molecule has 0 aromatic carbocycles. The van der Waals surface area contributed by atoms with Gasteiger partial charge in [-0.2, -0.15) is 0 Å². The van der Waals surface area contributed by atoms with Crippen LogP contribution in [0.4, 0.5) is 4.39 Å². The molecular formula is C26H36FN3O2S. The number of piperidine rings is 1. The molecule has 5 nitrogen and oxygen atoms in total. The lowest BCUT2D eigenvalue weighted by atomic mass is 10.00. The van der Waals surface area contributed by atoms with E-state index in [1.54, 1.807) is 25.2 Å². The molecule has 0 aliphatic carbocycles. The first-order valence-electron chi connectivity index (χ1n) is 11.7. The summed E-state index contributed by atoms with van der Waals surface area (Å²) in [6, 6.07) is 1.91. The smallest absolute Gasteiger partial charge is 0.253 e. The average molecular weight is 474 g/mol. The molecule has 1 amide bonds. The van der Waals surface area contributed by atoms with Gasteiger partial charge in [0.2, 0.25) is 0 Å². The molecule has 2 N–H and O–H groups in total. The largest absolute Gasteiger partial charge is 0.348 e. The number of aromatic amines is 1. The van der Waals surface area contributed by atoms with Crippen LogP contribution in [0.2, 0.25) is 0 Å². The fourth-order valence-electron chi connectivity index (χ4n) is 4.43. The molecule has 3 rings (SSSR count). The number of likely N-dealkylation sites (tertiary alicyclic amines) is 1. The van der Waals surface area contributed by atoms with Crippen LogP contribution in [0, 0.1) is 20.8 Å². The Bertz CT molecular complexity index is 1070. The van der Waals surface area contributed by atoms with Gasteiger partial charge in [0.05, 0.1) is 5.56 Å². The van der Waals surface area contributed by atoms with Crippen molar-refractivity contribution in [3.63, 3.8) is 0 Å². The molecule has 1 saturated heterocycles. The van der Waals surface area contributed by atoms with Crippen molar-refractivity contribution in [1.29, 1.82) is 0 Å². The van der Waals surface area contributed by atoms with Gasteiger partial charge in [-0.1, -0.05) is 11.6 Å². The summed E-state index contributed by atoms with van der Waals surface area (Å²) in [6.45, 7) is 11.6. The van der Waals surface area contributed by atoms with Crippen molar-refractivity contribution >= 4 is 17.2 Å². The van der Waals surface area contributed by atoms with Gasteiger partial charge in [-0.15, -0.1) is 11.3 Å². The summed E-state index contributed by atoms with van der Waals surface area (Å²) in [7, 11) is 0. The zero-order chi connectivity index (χ0) is 24.2. The molecule has 33 heavy (non-hydrogen) atoms. The minimum Gasteiger partial charge on any atom is -0.348 e. The summed E-state index contributed by atoms with van der Waals surface area (Å²) < 4.78 is 13.8. The molecule has 3 heterocycles. The van der Waals surface area contributed by atoms with Crippen molar-refractivity contribution in [1.82, 2.24) is 15.2 Å². The number of thiophene rings is 1. The number of allylic oxidation sites excluding steroid dienone is 1. The molecule has 0 bridgehead atoms. The van der Waals surface area contributed by atoms with Gasteiger partial charge >= 0.3 is 0 Å². The predicted molar refractivity (Wildman–Crippen MR) is 134 cm³/mol. The number of carbonyl (C=O) groups is 1. The van der Waals surface area contributed by atoms with Crippen LogP contribution in [0.3, 0.4) is 0 Å². The summed E-state index contributed by atoms with van der Waals surface area (Å²) in [5.74, 6) is -0.143. The summed E-state index contributed by atoms with van der Waals surface area (Å²) >= 11 is 1.62. The number of H-pyrrole nitrogens is 1. The van der Waals surface area contributed by atoms with Gasteiger partial charge in [0.1, 0.15) is 5.67 Å². The number of nitrogens with one attached hydrogen (secondary N) is 2. The first kappa shape index (κ1) is 25.4. The fourth-order valence-corrected chi connectivity index (χ4v) is 5.50. The SMILES string of the molecule is Cc1cc(C)c(CNC(=O)c2csc(CCC=C3CCN(CC(C)(C)F)CC3)c2C)c(=O)[nH]1. The van der Waals surface area contributed by atoms with Crippen LogP contribution >= 0.6 is 11.3 Å². The summed E-state index contributed by atoms with van der Waals surface area (Å²) in [4.78, 5) is 31.1. The number of halogens is 1. The van der Waals surface area contributed by atoms with Crippen molar-refractivity contribution in [2.75, 3.05) is 19.6 Å². The van der Waals surface area contributed by atoms with E-state index in [1.807, 2.05) is 32.2 Å². The van der Waals surface area contributed by atoms with E-state index in [0.29, 0.717) is 17.7 Å². The van der Waals surface area contributed by atoms with Crippen LogP contribution in [-0.4, -0.2) is 41.1 Å². The Morgan fingerprint density at radius 1 is 1.27 bits per heavy atom. The standard InChI is InChI=1S/C26H36FN3O2S/c1-17-13-18(2)29-25(32)21(17)14-28-24(31)22-15-33-23(19(22)3)8-6-7-20-9-11-30(12-10-20)16-26(4,5)27/h7,13,15H,6,8-12,14,16H2,1-5H3,(H,28,31)(H,29,32). The Morgan fingerprint density at radius 3 is 2.61 bits per heavy atom. The second-order valence-electron chi connectivity index (χ2n) is 9.72. The van der Waals surface area contributed by atoms with E-state index in [-0.39, 0.29) is 18.0 Å². The predicted octanol–water partition coefficient (Wildman–Crippen LogP) is 4.99. The highest BCUT2D eigenvalue weighted by Crippen LogP contribution is 2.25. The molecule has 0 radical (unpaired) electrons. The quantitative estimate of drug-likeness (QED) is 0.531. The van der Waals surface area contributed by atoms with Crippen molar-refractivity contribution in [2.24, 2.45) is 0 Å². The Balaban J connectivity index is 1.51. The highest BCUT2D eigenvalue weighted by molar-refractivity contribution is 7.10. The third kappa shape index (κ3) is 7.11.